The highest BCUT2D eigenvalue weighted by molar-refractivity contribution is 7.54. The van der Waals surface area contributed by atoms with E-state index in [4.69, 9.17) is 4.89 Å². The largest absolute Gasteiger partial charge is 0.333 e. The molecule has 10 heavy (non-hydrogen) atoms. The molecule has 0 aliphatic carbocycles. The maximum atomic E-state index is 10.6. The highest BCUT2D eigenvalue weighted by atomic mass is 31.2. The second-order valence-electron chi connectivity index (χ2n) is 2.49. The van der Waals surface area contributed by atoms with Crippen molar-refractivity contribution < 1.29 is 9.46 Å². The summed E-state index contributed by atoms with van der Waals surface area (Å²) in [5, 5.41) is 2.57. The number of hydrogen-bond acceptors (Lipinski definition) is 1. The molecule has 1 unspecified atom stereocenters. The van der Waals surface area contributed by atoms with Gasteiger partial charge in [-0.25, -0.2) is 5.09 Å². The van der Waals surface area contributed by atoms with Crippen LogP contribution in [0.15, 0.2) is 0 Å². The molecule has 0 spiro atoms. The Bertz CT molecular complexity index is 121. The number of hydrogen-bond donors (Lipinski definition) is 2. The SMILES string of the molecule is CCCCCNP(C)(=O)O. The first-order chi connectivity index (χ1) is 4.56. The van der Waals surface area contributed by atoms with Crippen molar-refractivity contribution in [2.24, 2.45) is 0 Å². The Kier molecular flexibility index (Phi) is 4.96. The van der Waals surface area contributed by atoms with Gasteiger partial charge in [-0.2, -0.15) is 0 Å². The molecule has 0 saturated heterocycles. The van der Waals surface area contributed by atoms with Crippen LogP contribution < -0.4 is 5.09 Å². The Morgan fingerprint density at radius 2 is 2.10 bits per heavy atom. The molecule has 0 aromatic carbocycles. The number of nitrogens with one attached hydrogen (secondary N) is 1. The van der Waals surface area contributed by atoms with E-state index >= 15 is 0 Å². The summed E-state index contributed by atoms with van der Waals surface area (Å²) in [7, 11) is -2.96. The highest BCUT2D eigenvalue weighted by Gasteiger charge is 2.05. The fourth-order valence-electron chi connectivity index (χ4n) is 0.662. The van der Waals surface area contributed by atoms with Gasteiger partial charge in [-0.3, -0.25) is 4.57 Å². The molecular formula is C6H16NO2P. The fraction of sp³-hybridized carbons (Fsp3) is 1.00. The van der Waals surface area contributed by atoms with Gasteiger partial charge in [0.2, 0.25) is 0 Å². The summed E-state index contributed by atoms with van der Waals surface area (Å²) in [6, 6.07) is 0. The maximum Gasteiger partial charge on any atom is 0.264 e. The molecule has 0 aliphatic heterocycles. The molecule has 0 aromatic rings. The quantitative estimate of drug-likeness (QED) is 0.480. The topological polar surface area (TPSA) is 49.3 Å². The van der Waals surface area contributed by atoms with E-state index < -0.39 is 7.52 Å². The van der Waals surface area contributed by atoms with E-state index in [9.17, 15) is 4.57 Å². The summed E-state index contributed by atoms with van der Waals surface area (Å²) in [5.41, 5.74) is 0. The number of unbranched alkanes of at least 4 members (excludes halogenated alkanes) is 2. The molecule has 0 aliphatic rings. The van der Waals surface area contributed by atoms with Crippen molar-refractivity contribution in [3.8, 4) is 0 Å². The van der Waals surface area contributed by atoms with Gasteiger partial charge in [-0.05, 0) is 6.42 Å². The van der Waals surface area contributed by atoms with Crippen LogP contribution in [0, 0.1) is 0 Å². The lowest BCUT2D eigenvalue weighted by Crippen LogP contribution is -2.10. The molecule has 2 N–H and O–H groups in total. The highest BCUT2D eigenvalue weighted by Crippen LogP contribution is 2.28. The Balaban J connectivity index is 3.13. The van der Waals surface area contributed by atoms with Crippen molar-refractivity contribution >= 4 is 7.52 Å². The molecule has 0 bridgehead atoms. The van der Waals surface area contributed by atoms with Crippen LogP contribution in [0.5, 0.6) is 0 Å². The summed E-state index contributed by atoms with van der Waals surface area (Å²) in [5.74, 6) is 0. The first-order valence-corrected chi connectivity index (χ1v) is 5.72. The van der Waals surface area contributed by atoms with Crippen LogP contribution in [-0.4, -0.2) is 18.1 Å². The normalized spacial score (nSPS) is 16.7. The molecule has 0 amide bonds. The molecule has 0 fully saturated rings. The second-order valence-corrected chi connectivity index (χ2v) is 4.57. The Hall–Kier alpha value is 0.150. The maximum absolute atomic E-state index is 10.6. The minimum atomic E-state index is -2.96. The molecule has 0 rings (SSSR count). The minimum Gasteiger partial charge on any atom is -0.333 e. The first-order valence-electron chi connectivity index (χ1n) is 3.61. The van der Waals surface area contributed by atoms with Gasteiger partial charge in [0.05, 0.1) is 0 Å². The lowest BCUT2D eigenvalue weighted by Gasteiger charge is -2.05. The van der Waals surface area contributed by atoms with Gasteiger partial charge < -0.3 is 4.89 Å². The minimum absolute atomic E-state index is 0.651. The summed E-state index contributed by atoms with van der Waals surface area (Å²) >= 11 is 0. The Morgan fingerprint density at radius 1 is 1.50 bits per heavy atom. The van der Waals surface area contributed by atoms with Crippen molar-refractivity contribution in [2.45, 2.75) is 26.2 Å². The fourth-order valence-corrected chi connectivity index (χ4v) is 1.23. The van der Waals surface area contributed by atoms with Crippen molar-refractivity contribution in [3.05, 3.63) is 0 Å². The summed E-state index contributed by atoms with van der Waals surface area (Å²) in [6.45, 7) is 4.07. The van der Waals surface area contributed by atoms with Gasteiger partial charge in [-0.15, -0.1) is 0 Å². The van der Waals surface area contributed by atoms with Gasteiger partial charge >= 0.3 is 0 Å². The van der Waals surface area contributed by atoms with Gasteiger partial charge in [0.25, 0.3) is 7.52 Å². The average Bonchev–Trinajstić information content (AvgIpc) is 1.78. The van der Waals surface area contributed by atoms with Crippen LogP contribution in [0.1, 0.15) is 26.2 Å². The molecule has 62 valence electrons. The Labute approximate surface area is 62.3 Å². The smallest absolute Gasteiger partial charge is 0.264 e. The van der Waals surface area contributed by atoms with Gasteiger partial charge in [0.1, 0.15) is 0 Å². The molecule has 0 saturated carbocycles. The third kappa shape index (κ3) is 8.15. The van der Waals surface area contributed by atoms with E-state index in [2.05, 4.69) is 12.0 Å². The third-order valence-electron chi connectivity index (χ3n) is 1.19. The van der Waals surface area contributed by atoms with E-state index in [1.807, 2.05) is 0 Å². The zero-order valence-corrected chi connectivity index (χ0v) is 7.53. The van der Waals surface area contributed by atoms with Crippen molar-refractivity contribution in [1.82, 2.24) is 5.09 Å². The predicted molar refractivity (Wildman–Crippen MR) is 43.3 cm³/mol. The van der Waals surface area contributed by atoms with Gasteiger partial charge in [0.15, 0.2) is 0 Å². The first kappa shape index (κ1) is 10.2. The lowest BCUT2D eigenvalue weighted by molar-refractivity contribution is 0.468. The zero-order valence-electron chi connectivity index (χ0n) is 6.63. The standard InChI is InChI=1S/C6H16NO2P/c1-3-4-5-6-7-10(2,8)9/h3-6H2,1-2H3,(H2,7,8,9). The van der Waals surface area contributed by atoms with E-state index in [0.717, 1.165) is 19.3 Å². The zero-order chi connectivity index (χ0) is 8.04. The van der Waals surface area contributed by atoms with E-state index in [-0.39, 0.29) is 0 Å². The number of rotatable bonds is 5. The van der Waals surface area contributed by atoms with Crippen molar-refractivity contribution in [3.63, 3.8) is 0 Å². The van der Waals surface area contributed by atoms with Crippen LogP contribution in [0.2, 0.25) is 0 Å². The van der Waals surface area contributed by atoms with E-state index in [1.165, 1.54) is 6.66 Å². The molecule has 0 heterocycles. The molecule has 3 nitrogen and oxygen atoms in total. The molecule has 4 heteroatoms. The average molecular weight is 165 g/mol. The van der Waals surface area contributed by atoms with Crippen LogP contribution in [0.25, 0.3) is 0 Å². The van der Waals surface area contributed by atoms with Crippen LogP contribution in [-0.2, 0) is 4.57 Å². The lowest BCUT2D eigenvalue weighted by atomic mass is 10.3. The molecule has 0 radical (unpaired) electrons. The predicted octanol–water partition coefficient (Wildman–Crippen LogP) is 1.58. The van der Waals surface area contributed by atoms with Gasteiger partial charge in [-0.1, -0.05) is 19.8 Å². The summed E-state index contributed by atoms with van der Waals surface area (Å²) < 4.78 is 10.6. The monoisotopic (exact) mass is 165 g/mol. The van der Waals surface area contributed by atoms with E-state index in [1.54, 1.807) is 0 Å². The molecule has 1 atom stereocenters. The Morgan fingerprint density at radius 3 is 2.50 bits per heavy atom. The van der Waals surface area contributed by atoms with Gasteiger partial charge in [0, 0.05) is 13.2 Å². The summed E-state index contributed by atoms with van der Waals surface area (Å²) in [4.78, 5) is 8.76. The van der Waals surface area contributed by atoms with Crippen LogP contribution in [0.3, 0.4) is 0 Å². The third-order valence-corrected chi connectivity index (χ3v) is 2.00. The van der Waals surface area contributed by atoms with Crippen LogP contribution >= 0.6 is 7.52 Å². The van der Waals surface area contributed by atoms with Crippen LogP contribution in [0.4, 0.5) is 0 Å². The van der Waals surface area contributed by atoms with Crippen molar-refractivity contribution in [2.75, 3.05) is 13.2 Å². The molecular weight excluding hydrogens is 149 g/mol. The van der Waals surface area contributed by atoms with E-state index in [0.29, 0.717) is 6.54 Å². The molecule has 0 aromatic heterocycles. The summed E-state index contributed by atoms with van der Waals surface area (Å²) in [6.07, 6.45) is 3.24. The second kappa shape index (κ2) is 4.89. The van der Waals surface area contributed by atoms with Crippen molar-refractivity contribution in [1.29, 1.82) is 0 Å².